The highest BCUT2D eigenvalue weighted by molar-refractivity contribution is 5.77. The van der Waals surface area contributed by atoms with E-state index < -0.39 is 0 Å². The van der Waals surface area contributed by atoms with Gasteiger partial charge in [-0.1, -0.05) is 26.8 Å². The van der Waals surface area contributed by atoms with Crippen molar-refractivity contribution in [3.8, 4) is 17.2 Å². The van der Waals surface area contributed by atoms with Gasteiger partial charge in [-0.25, -0.2) is 9.50 Å². The molecule has 0 amide bonds. The molecule has 0 aliphatic rings. The first-order valence-corrected chi connectivity index (χ1v) is 7.13. The molecule has 0 atom stereocenters. The van der Waals surface area contributed by atoms with Crippen molar-refractivity contribution in [2.24, 2.45) is 0 Å². The summed E-state index contributed by atoms with van der Waals surface area (Å²) in [5.74, 6) is 0.732. The van der Waals surface area contributed by atoms with E-state index in [1.807, 2.05) is 25.1 Å². The number of nitrogens with zero attached hydrogens (tertiary/aromatic N) is 5. The molecule has 5 heteroatoms. The lowest BCUT2D eigenvalue weighted by molar-refractivity contribution is 0.544. The number of rotatable bonds is 1. The number of nitriles is 1. The van der Waals surface area contributed by atoms with Gasteiger partial charge in [-0.15, -0.1) is 0 Å². The molecular formula is C17H17N5. The fourth-order valence-electron chi connectivity index (χ4n) is 2.36. The molecule has 22 heavy (non-hydrogen) atoms. The van der Waals surface area contributed by atoms with E-state index in [2.05, 4.69) is 41.9 Å². The lowest BCUT2D eigenvalue weighted by Crippen LogP contribution is -2.13. The molecule has 0 aliphatic carbocycles. The third-order valence-electron chi connectivity index (χ3n) is 3.54. The Labute approximate surface area is 129 Å². The lowest BCUT2D eigenvalue weighted by atomic mass is 9.96. The second-order valence-electron chi connectivity index (χ2n) is 6.35. The van der Waals surface area contributed by atoms with Crippen molar-refractivity contribution < 1.29 is 0 Å². The first-order valence-electron chi connectivity index (χ1n) is 7.13. The van der Waals surface area contributed by atoms with Gasteiger partial charge in [0.1, 0.15) is 11.6 Å². The number of hydrogen-bond donors (Lipinski definition) is 0. The van der Waals surface area contributed by atoms with Crippen LogP contribution in [0.5, 0.6) is 0 Å². The SMILES string of the molecule is Cc1cc(-c2cccnc2)c(C#N)c2nc(C(C)(C)C)nn12. The summed E-state index contributed by atoms with van der Waals surface area (Å²) in [7, 11) is 0. The molecule has 5 nitrogen and oxygen atoms in total. The Kier molecular flexibility index (Phi) is 3.18. The van der Waals surface area contributed by atoms with Gasteiger partial charge in [-0.05, 0) is 19.1 Å². The number of aromatic nitrogens is 4. The van der Waals surface area contributed by atoms with E-state index in [9.17, 15) is 5.26 Å². The summed E-state index contributed by atoms with van der Waals surface area (Å²) in [4.78, 5) is 8.75. The largest absolute Gasteiger partial charge is 0.264 e. The molecule has 3 heterocycles. The molecule has 0 aliphatic heterocycles. The molecule has 0 fully saturated rings. The van der Waals surface area contributed by atoms with Crippen molar-refractivity contribution in [3.63, 3.8) is 0 Å². The second kappa shape index (κ2) is 4.92. The summed E-state index contributed by atoms with van der Waals surface area (Å²) in [6.07, 6.45) is 3.48. The zero-order valence-corrected chi connectivity index (χ0v) is 13.1. The summed E-state index contributed by atoms with van der Waals surface area (Å²) in [5, 5.41) is 14.2. The van der Waals surface area contributed by atoms with Gasteiger partial charge >= 0.3 is 0 Å². The zero-order valence-electron chi connectivity index (χ0n) is 13.1. The van der Waals surface area contributed by atoms with Crippen LogP contribution in [-0.2, 0) is 5.41 Å². The van der Waals surface area contributed by atoms with Crippen molar-refractivity contribution in [1.82, 2.24) is 19.6 Å². The minimum atomic E-state index is -0.167. The van der Waals surface area contributed by atoms with Gasteiger partial charge in [0.2, 0.25) is 0 Å². The monoisotopic (exact) mass is 291 g/mol. The molecule has 0 radical (unpaired) electrons. The lowest BCUT2D eigenvalue weighted by Gasteiger charge is -2.11. The van der Waals surface area contributed by atoms with Gasteiger partial charge < -0.3 is 0 Å². The van der Waals surface area contributed by atoms with Gasteiger partial charge in [0.05, 0.1) is 0 Å². The fraction of sp³-hybridized carbons (Fsp3) is 0.294. The quantitative estimate of drug-likeness (QED) is 0.690. The maximum Gasteiger partial charge on any atom is 0.174 e. The maximum atomic E-state index is 9.63. The minimum Gasteiger partial charge on any atom is -0.264 e. The summed E-state index contributed by atoms with van der Waals surface area (Å²) in [6.45, 7) is 8.15. The Morgan fingerprint density at radius 2 is 2.05 bits per heavy atom. The van der Waals surface area contributed by atoms with E-state index in [0.29, 0.717) is 11.2 Å². The van der Waals surface area contributed by atoms with Crippen LogP contribution in [-0.4, -0.2) is 19.6 Å². The predicted molar refractivity (Wildman–Crippen MR) is 84.4 cm³/mol. The molecule has 0 spiro atoms. The van der Waals surface area contributed by atoms with Gasteiger partial charge in [0, 0.05) is 34.6 Å². The molecular weight excluding hydrogens is 274 g/mol. The summed E-state index contributed by atoms with van der Waals surface area (Å²) in [5.41, 5.74) is 3.65. The summed E-state index contributed by atoms with van der Waals surface area (Å²) >= 11 is 0. The number of hydrogen-bond acceptors (Lipinski definition) is 4. The van der Waals surface area contributed by atoms with Crippen molar-refractivity contribution in [3.05, 3.63) is 47.7 Å². The van der Waals surface area contributed by atoms with Crippen LogP contribution in [0.1, 0.15) is 37.9 Å². The Bertz CT molecular complexity index is 879. The van der Waals surface area contributed by atoms with E-state index in [1.165, 1.54) is 0 Å². The van der Waals surface area contributed by atoms with Crippen LogP contribution in [0.2, 0.25) is 0 Å². The molecule has 110 valence electrons. The molecule has 3 aromatic heterocycles. The van der Waals surface area contributed by atoms with Crippen molar-refractivity contribution in [2.45, 2.75) is 33.1 Å². The molecule has 0 saturated heterocycles. The average molecular weight is 291 g/mol. The maximum absolute atomic E-state index is 9.63. The van der Waals surface area contributed by atoms with Gasteiger partial charge in [0.15, 0.2) is 11.5 Å². The average Bonchev–Trinajstić information content (AvgIpc) is 2.94. The highest BCUT2D eigenvalue weighted by atomic mass is 15.3. The van der Waals surface area contributed by atoms with E-state index in [1.54, 1.807) is 16.9 Å². The van der Waals surface area contributed by atoms with E-state index in [4.69, 9.17) is 0 Å². The third kappa shape index (κ3) is 2.23. The van der Waals surface area contributed by atoms with Crippen LogP contribution in [0.25, 0.3) is 16.8 Å². The van der Waals surface area contributed by atoms with Gasteiger partial charge in [-0.2, -0.15) is 10.4 Å². The number of aryl methyl sites for hydroxylation is 1. The van der Waals surface area contributed by atoms with Crippen LogP contribution in [0, 0.1) is 18.3 Å². The molecule has 0 saturated carbocycles. The number of fused-ring (bicyclic) bond motifs is 1. The molecule has 0 aromatic carbocycles. The molecule has 3 rings (SSSR count). The van der Waals surface area contributed by atoms with Gasteiger partial charge in [-0.3, -0.25) is 4.98 Å². The van der Waals surface area contributed by atoms with E-state index >= 15 is 0 Å². The Hall–Kier alpha value is -2.74. The standard InChI is InChI=1S/C17H17N5/c1-11-8-13(12-6-5-7-19-10-12)14(9-18)15-20-16(17(2,3)4)21-22(11)15/h5-8,10H,1-4H3. The van der Waals surface area contributed by atoms with Crippen molar-refractivity contribution >= 4 is 5.65 Å². The first kappa shape index (κ1) is 14.2. The Morgan fingerprint density at radius 1 is 1.27 bits per heavy atom. The summed E-state index contributed by atoms with van der Waals surface area (Å²) in [6, 6.07) is 8.05. The third-order valence-corrected chi connectivity index (χ3v) is 3.54. The predicted octanol–water partition coefficient (Wildman–Crippen LogP) is 3.27. The van der Waals surface area contributed by atoms with Crippen LogP contribution in [0.15, 0.2) is 30.6 Å². The van der Waals surface area contributed by atoms with Gasteiger partial charge in [0.25, 0.3) is 0 Å². The Balaban J connectivity index is 2.36. The Morgan fingerprint density at radius 3 is 2.64 bits per heavy atom. The fourth-order valence-corrected chi connectivity index (χ4v) is 2.36. The minimum absolute atomic E-state index is 0.167. The topological polar surface area (TPSA) is 66.9 Å². The van der Waals surface area contributed by atoms with Crippen LogP contribution in [0.3, 0.4) is 0 Å². The van der Waals surface area contributed by atoms with E-state index in [0.717, 1.165) is 22.6 Å². The molecule has 0 unspecified atom stereocenters. The summed E-state index contributed by atoms with van der Waals surface area (Å²) < 4.78 is 1.75. The highest BCUT2D eigenvalue weighted by Crippen LogP contribution is 2.28. The van der Waals surface area contributed by atoms with Crippen LogP contribution in [0.4, 0.5) is 0 Å². The first-order chi connectivity index (χ1) is 10.4. The highest BCUT2D eigenvalue weighted by Gasteiger charge is 2.23. The number of pyridine rings is 2. The molecule has 3 aromatic rings. The molecule has 0 bridgehead atoms. The van der Waals surface area contributed by atoms with Crippen molar-refractivity contribution in [2.75, 3.05) is 0 Å². The molecule has 0 N–H and O–H groups in total. The van der Waals surface area contributed by atoms with Crippen LogP contribution >= 0.6 is 0 Å². The van der Waals surface area contributed by atoms with E-state index in [-0.39, 0.29) is 5.41 Å². The second-order valence-corrected chi connectivity index (χ2v) is 6.35. The smallest absolute Gasteiger partial charge is 0.174 e. The van der Waals surface area contributed by atoms with Crippen LogP contribution < -0.4 is 0 Å². The van der Waals surface area contributed by atoms with Crippen molar-refractivity contribution in [1.29, 1.82) is 5.26 Å². The normalized spacial score (nSPS) is 11.6. The zero-order chi connectivity index (χ0) is 15.9.